The van der Waals surface area contributed by atoms with E-state index in [2.05, 4.69) is 10.2 Å². The van der Waals surface area contributed by atoms with Gasteiger partial charge >= 0.3 is 0 Å². The van der Waals surface area contributed by atoms with E-state index in [0.717, 1.165) is 11.1 Å². The lowest BCUT2D eigenvalue weighted by Crippen LogP contribution is -2.00. The Bertz CT molecular complexity index is 522. The normalized spacial score (nSPS) is 10.8. The van der Waals surface area contributed by atoms with E-state index in [1.807, 2.05) is 32.2 Å². The molecule has 1 N–H and O–H groups in total. The molecule has 0 fully saturated rings. The van der Waals surface area contributed by atoms with Gasteiger partial charge in [-0.1, -0.05) is 23.7 Å². The maximum Gasteiger partial charge on any atom is 0.164 e. The van der Waals surface area contributed by atoms with Crippen LogP contribution in [0.15, 0.2) is 18.2 Å². The van der Waals surface area contributed by atoms with Crippen LogP contribution in [0, 0.1) is 6.92 Å². The molecule has 2 rings (SSSR count). The number of nitrogens with zero attached hydrogens (tertiary/aromatic N) is 3. The molecule has 5 heteroatoms. The highest BCUT2D eigenvalue weighted by atomic mass is 35.5. The van der Waals surface area contributed by atoms with E-state index in [0.29, 0.717) is 16.7 Å². The van der Waals surface area contributed by atoms with Gasteiger partial charge < -0.3 is 9.67 Å². The van der Waals surface area contributed by atoms with E-state index >= 15 is 0 Å². The molecule has 2 aromatic rings. The van der Waals surface area contributed by atoms with Crippen molar-refractivity contribution in [3.63, 3.8) is 0 Å². The molecule has 0 aliphatic carbocycles. The molecule has 0 unspecified atom stereocenters. The Morgan fingerprint density at radius 1 is 1.38 bits per heavy atom. The van der Waals surface area contributed by atoms with Crippen molar-refractivity contribution < 1.29 is 5.11 Å². The Hall–Kier alpha value is -1.39. The van der Waals surface area contributed by atoms with E-state index in [4.69, 9.17) is 16.7 Å². The van der Waals surface area contributed by atoms with Gasteiger partial charge in [-0.05, 0) is 18.6 Å². The molecule has 0 saturated carbocycles. The number of aliphatic hydroxyl groups is 1. The summed E-state index contributed by atoms with van der Waals surface area (Å²) in [6.07, 6.45) is 0. The lowest BCUT2D eigenvalue weighted by Gasteiger charge is -2.06. The Labute approximate surface area is 98.5 Å². The molecule has 0 saturated heterocycles. The summed E-state index contributed by atoms with van der Waals surface area (Å²) in [6, 6.07) is 5.65. The highest BCUT2D eigenvalue weighted by Crippen LogP contribution is 2.26. The zero-order chi connectivity index (χ0) is 11.7. The predicted molar refractivity (Wildman–Crippen MR) is 62.1 cm³/mol. The SMILES string of the molecule is Cc1c(Cl)cccc1-c1nnc(CO)n1C. The van der Waals surface area contributed by atoms with Crippen LogP contribution >= 0.6 is 11.6 Å². The molecular formula is C11H12ClN3O. The van der Waals surface area contributed by atoms with E-state index in [-0.39, 0.29) is 6.61 Å². The molecule has 16 heavy (non-hydrogen) atoms. The van der Waals surface area contributed by atoms with Gasteiger partial charge in [-0.3, -0.25) is 0 Å². The average Bonchev–Trinajstić information content (AvgIpc) is 2.64. The highest BCUT2D eigenvalue weighted by molar-refractivity contribution is 6.31. The van der Waals surface area contributed by atoms with Crippen molar-refractivity contribution in [2.45, 2.75) is 13.5 Å². The Morgan fingerprint density at radius 3 is 2.75 bits per heavy atom. The summed E-state index contributed by atoms with van der Waals surface area (Å²) >= 11 is 6.05. The van der Waals surface area contributed by atoms with Crippen LogP contribution in [-0.2, 0) is 13.7 Å². The fourth-order valence-corrected chi connectivity index (χ4v) is 1.76. The molecule has 84 valence electrons. The van der Waals surface area contributed by atoms with Crippen LogP contribution in [0.2, 0.25) is 5.02 Å². The third-order valence-electron chi connectivity index (χ3n) is 2.62. The minimum atomic E-state index is -0.122. The van der Waals surface area contributed by atoms with Crippen LogP contribution in [0.3, 0.4) is 0 Å². The fraction of sp³-hybridized carbons (Fsp3) is 0.273. The Balaban J connectivity index is 2.59. The van der Waals surface area contributed by atoms with Gasteiger partial charge in [0.05, 0.1) is 0 Å². The second kappa shape index (κ2) is 4.23. The second-order valence-corrected chi connectivity index (χ2v) is 3.98. The number of rotatable bonds is 2. The summed E-state index contributed by atoms with van der Waals surface area (Å²) in [7, 11) is 1.82. The topological polar surface area (TPSA) is 50.9 Å². The van der Waals surface area contributed by atoms with Crippen LogP contribution in [0.1, 0.15) is 11.4 Å². The molecule has 0 aliphatic heterocycles. The maximum atomic E-state index is 9.05. The molecule has 4 nitrogen and oxygen atoms in total. The molecule has 0 spiro atoms. The van der Waals surface area contributed by atoms with Crippen molar-refractivity contribution >= 4 is 11.6 Å². The summed E-state index contributed by atoms with van der Waals surface area (Å²) in [6.45, 7) is 1.81. The van der Waals surface area contributed by atoms with Gasteiger partial charge in [-0.25, -0.2) is 0 Å². The van der Waals surface area contributed by atoms with Crippen molar-refractivity contribution in [2.75, 3.05) is 0 Å². The van der Waals surface area contributed by atoms with Gasteiger partial charge in [0.25, 0.3) is 0 Å². The molecule has 0 aliphatic rings. The number of benzene rings is 1. The summed E-state index contributed by atoms with van der Waals surface area (Å²) in [4.78, 5) is 0. The summed E-state index contributed by atoms with van der Waals surface area (Å²) in [5.74, 6) is 1.25. The van der Waals surface area contributed by atoms with Crippen LogP contribution in [0.4, 0.5) is 0 Å². The van der Waals surface area contributed by atoms with Crippen LogP contribution in [0.5, 0.6) is 0 Å². The number of aliphatic hydroxyl groups excluding tert-OH is 1. The molecule has 0 radical (unpaired) electrons. The molecule has 0 amide bonds. The van der Waals surface area contributed by atoms with Crippen LogP contribution in [-0.4, -0.2) is 19.9 Å². The zero-order valence-corrected chi connectivity index (χ0v) is 9.86. The van der Waals surface area contributed by atoms with E-state index in [1.165, 1.54) is 0 Å². The second-order valence-electron chi connectivity index (χ2n) is 3.57. The standard InChI is InChI=1S/C11H12ClN3O/c1-7-8(4-3-5-9(7)12)11-14-13-10(6-16)15(11)2/h3-5,16H,6H2,1-2H3. The van der Waals surface area contributed by atoms with Crippen molar-refractivity contribution in [2.24, 2.45) is 7.05 Å². The van der Waals surface area contributed by atoms with Gasteiger partial charge in [-0.2, -0.15) is 0 Å². The first-order valence-electron chi connectivity index (χ1n) is 4.89. The summed E-state index contributed by atoms with van der Waals surface area (Å²) < 4.78 is 1.76. The van der Waals surface area contributed by atoms with E-state index < -0.39 is 0 Å². The van der Waals surface area contributed by atoms with Crippen LogP contribution < -0.4 is 0 Å². The Kier molecular flexibility index (Phi) is 2.94. The van der Waals surface area contributed by atoms with Gasteiger partial charge in [0, 0.05) is 17.6 Å². The molecular weight excluding hydrogens is 226 g/mol. The number of hydrogen-bond donors (Lipinski definition) is 1. The Morgan fingerprint density at radius 2 is 2.12 bits per heavy atom. The number of hydrogen-bond acceptors (Lipinski definition) is 3. The van der Waals surface area contributed by atoms with Gasteiger partial charge in [0.2, 0.25) is 0 Å². The number of aromatic nitrogens is 3. The summed E-state index contributed by atoms with van der Waals surface area (Å²) in [5, 5.41) is 17.7. The molecule has 1 aromatic carbocycles. The molecule has 1 heterocycles. The number of halogens is 1. The van der Waals surface area contributed by atoms with Crippen molar-refractivity contribution in [3.8, 4) is 11.4 Å². The first-order chi connectivity index (χ1) is 7.65. The van der Waals surface area contributed by atoms with E-state index in [1.54, 1.807) is 4.57 Å². The third kappa shape index (κ3) is 1.70. The minimum absolute atomic E-state index is 0.122. The fourth-order valence-electron chi connectivity index (χ4n) is 1.58. The lowest BCUT2D eigenvalue weighted by atomic mass is 10.1. The smallest absolute Gasteiger partial charge is 0.164 e. The van der Waals surface area contributed by atoms with Gasteiger partial charge in [0.1, 0.15) is 6.61 Å². The maximum absolute atomic E-state index is 9.05. The van der Waals surface area contributed by atoms with Gasteiger partial charge in [0.15, 0.2) is 11.6 Å². The van der Waals surface area contributed by atoms with Crippen molar-refractivity contribution in [3.05, 3.63) is 34.6 Å². The quantitative estimate of drug-likeness (QED) is 0.869. The third-order valence-corrected chi connectivity index (χ3v) is 3.02. The molecule has 1 aromatic heterocycles. The minimum Gasteiger partial charge on any atom is -0.388 e. The van der Waals surface area contributed by atoms with E-state index in [9.17, 15) is 0 Å². The first kappa shape index (κ1) is 11.1. The van der Waals surface area contributed by atoms with Gasteiger partial charge in [-0.15, -0.1) is 10.2 Å². The summed E-state index contributed by atoms with van der Waals surface area (Å²) in [5.41, 5.74) is 1.89. The van der Waals surface area contributed by atoms with Crippen LogP contribution in [0.25, 0.3) is 11.4 Å². The average molecular weight is 238 g/mol. The predicted octanol–water partition coefficient (Wildman–Crippen LogP) is 1.94. The first-order valence-corrected chi connectivity index (χ1v) is 5.27. The largest absolute Gasteiger partial charge is 0.388 e. The highest BCUT2D eigenvalue weighted by Gasteiger charge is 2.12. The zero-order valence-electron chi connectivity index (χ0n) is 9.11. The monoisotopic (exact) mass is 237 g/mol. The lowest BCUT2D eigenvalue weighted by molar-refractivity contribution is 0.267. The molecule has 0 bridgehead atoms. The van der Waals surface area contributed by atoms with Crippen molar-refractivity contribution in [1.29, 1.82) is 0 Å². The molecule has 0 atom stereocenters. The van der Waals surface area contributed by atoms with Crippen molar-refractivity contribution in [1.82, 2.24) is 14.8 Å².